The highest BCUT2D eigenvalue weighted by Crippen LogP contribution is 2.58. The predicted molar refractivity (Wildman–Crippen MR) is 129 cm³/mol. The largest absolute Gasteiger partial charge is 0.392 e. The van der Waals surface area contributed by atoms with Crippen LogP contribution in [0.2, 0.25) is 0 Å². The van der Waals surface area contributed by atoms with Gasteiger partial charge in [-0.15, -0.1) is 0 Å². The molecule has 0 amide bonds. The van der Waals surface area contributed by atoms with Crippen LogP contribution in [0.1, 0.15) is 92.9 Å². The van der Waals surface area contributed by atoms with Crippen LogP contribution in [-0.2, 0) is 0 Å². The lowest BCUT2D eigenvalue weighted by Crippen LogP contribution is -2.35. The van der Waals surface area contributed by atoms with Crippen molar-refractivity contribution in [1.82, 2.24) is 0 Å². The molecule has 0 spiro atoms. The maximum absolute atomic E-state index is 10.5. The van der Waals surface area contributed by atoms with Crippen molar-refractivity contribution in [2.24, 2.45) is 29.1 Å². The number of rotatable bonds is 7. The molecule has 3 rings (SSSR count). The summed E-state index contributed by atoms with van der Waals surface area (Å²) in [6.45, 7) is 12.7. The van der Waals surface area contributed by atoms with Gasteiger partial charge in [0.05, 0.1) is 17.8 Å². The summed E-state index contributed by atoms with van der Waals surface area (Å²) in [5.74, 6) is 1.95. The van der Waals surface area contributed by atoms with Crippen LogP contribution in [0.5, 0.6) is 0 Å². The molecule has 0 radical (unpaired) electrons. The monoisotopic (exact) mass is 430 g/mol. The first kappa shape index (κ1) is 24.7. The van der Waals surface area contributed by atoms with E-state index in [2.05, 4.69) is 32.1 Å². The third kappa shape index (κ3) is 5.37. The average molecular weight is 431 g/mol. The van der Waals surface area contributed by atoms with Gasteiger partial charge in [0.25, 0.3) is 0 Å². The zero-order valence-corrected chi connectivity index (χ0v) is 20.7. The van der Waals surface area contributed by atoms with Gasteiger partial charge in [-0.1, -0.05) is 51.8 Å². The van der Waals surface area contributed by atoms with Gasteiger partial charge in [-0.25, -0.2) is 0 Å². The van der Waals surface area contributed by atoms with Crippen LogP contribution >= 0.6 is 0 Å². The van der Waals surface area contributed by atoms with E-state index in [4.69, 9.17) is 0 Å². The second-order valence-electron chi connectivity index (χ2n) is 11.8. The Balaban J connectivity index is 1.69. The van der Waals surface area contributed by atoms with Crippen molar-refractivity contribution in [1.29, 1.82) is 0 Å². The molecule has 7 atom stereocenters. The van der Waals surface area contributed by atoms with E-state index >= 15 is 0 Å². The third-order valence-corrected chi connectivity index (χ3v) is 8.97. The molecule has 31 heavy (non-hydrogen) atoms. The first-order chi connectivity index (χ1) is 14.4. The summed E-state index contributed by atoms with van der Waals surface area (Å²) in [5.41, 5.74) is 3.37. The SMILES string of the molecule is CC1=C(/C=C\C2=CCC[C@]3(C)[C@@H]([C@H](C)CCCC(C)(C)O)CC[C@@H]23)C[C@@H](O)[C@H](C)[C@@H]1O. The Kier molecular flexibility index (Phi) is 7.61. The molecule has 0 aromatic rings. The van der Waals surface area contributed by atoms with Crippen molar-refractivity contribution in [3.05, 3.63) is 34.9 Å². The van der Waals surface area contributed by atoms with Crippen molar-refractivity contribution in [2.45, 2.75) is 111 Å². The molecule has 0 aromatic heterocycles. The number of hydrogen-bond acceptors (Lipinski definition) is 3. The molecule has 3 N–H and O–H groups in total. The van der Waals surface area contributed by atoms with E-state index in [1.807, 2.05) is 27.7 Å². The zero-order valence-electron chi connectivity index (χ0n) is 20.7. The van der Waals surface area contributed by atoms with Crippen molar-refractivity contribution in [2.75, 3.05) is 0 Å². The van der Waals surface area contributed by atoms with Crippen molar-refractivity contribution < 1.29 is 15.3 Å². The number of hydrogen-bond donors (Lipinski definition) is 3. The molecule has 3 aliphatic carbocycles. The fraction of sp³-hybridized carbons (Fsp3) is 0.786. The van der Waals surface area contributed by atoms with Gasteiger partial charge in [0.1, 0.15) is 0 Å². The van der Waals surface area contributed by atoms with E-state index < -0.39 is 17.8 Å². The predicted octanol–water partition coefficient (Wildman–Crippen LogP) is 5.95. The molecule has 1 saturated carbocycles. The van der Waals surface area contributed by atoms with Crippen LogP contribution in [0.3, 0.4) is 0 Å². The van der Waals surface area contributed by atoms with Gasteiger partial charge in [-0.05, 0) is 99.2 Å². The summed E-state index contributed by atoms with van der Waals surface area (Å²) < 4.78 is 0. The van der Waals surface area contributed by atoms with Gasteiger partial charge in [-0.3, -0.25) is 0 Å². The van der Waals surface area contributed by atoms with Gasteiger partial charge < -0.3 is 15.3 Å². The van der Waals surface area contributed by atoms with Gasteiger partial charge in [-0.2, -0.15) is 0 Å². The fourth-order valence-electron chi connectivity index (χ4n) is 6.80. The molecular weight excluding hydrogens is 384 g/mol. The maximum Gasteiger partial charge on any atom is 0.0803 e. The van der Waals surface area contributed by atoms with Crippen LogP contribution in [0, 0.1) is 29.1 Å². The van der Waals surface area contributed by atoms with Gasteiger partial charge >= 0.3 is 0 Å². The van der Waals surface area contributed by atoms with E-state index in [-0.39, 0.29) is 5.92 Å². The number of allylic oxidation sites excluding steroid dienone is 4. The third-order valence-electron chi connectivity index (χ3n) is 8.97. The van der Waals surface area contributed by atoms with Crippen LogP contribution < -0.4 is 0 Å². The highest BCUT2D eigenvalue weighted by Gasteiger charge is 2.49. The Hall–Kier alpha value is -0.900. The first-order valence-electron chi connectivity index (χ1n) is 12.6. The zero-order chi connectivity index (χ0) is 23.0. The van der Waals surface area contributed by atoms with Crippen LogP contribution in [0.15, 0.2) is 34.9 Å². The summed E-state index contributed by atoms with van der Waals surface area (Å²) in [4.78, 5) is 0. The Morgan fingerprint density at radius 1 is 1.23 bits per heavy atom. The summed E-state index contributed by atoms with van der Waals surface area (Å²) >= 11 is 0. The molecule has 3 heteroatoms. The molecule has 0 aliphatic heterocycles. The second-order valence-corrected chi connectivity index (χ2v) is 11.8. The maximum atomic E-state index is 10.5. The average Bonchev–Trinajstić information content (AvgIpc) is 3.04. The van der Waals surface area contributed by atoms with Gasteiger partial charge in [0.2, 0.25) is 0 Å². The van der Waals surface area contributed by atoms with E-state index in [1.54, 1.807) is 0 Å². The molecule has 0 bridgehead atoms. The smallest absolute Gasteiger partial charge is 0.0803 e. The topological polar surface area (TPSA) is 60.7 Å². The lowest BCUT2D eigenvalue weighted by Gasteiger charge is -2.43. The van der Waals surface area contributed by atoms with Crippen molar-refractivity contribution >= 4 is 0 Å². The second kappa shape index (κ2) is 9.53. The highest BCUT2D eigenvalue weighted by molar-refractivity contribution is 5.37. The minimum atomic E-state index is -0.557. The molecule has 3 nitrogen and oxygen atoms in total. The van der Waals surface area contributed by atoms with Crippen molar-refractivity contribution in [3.8, 4) is 0 Å². The summed E-state index contributed by atoms with van der Waals surface area (Å²) in [7, 11) is 0. The highest BCUT2D eigenvalue weighted by atomic mass is 16.3. The summed E-state index contributed by atoms with van der Waals surface area (Å²) in [6, 6.07) is 0. The van der Waals surface area contributed by atoms with Crippen LogP contribution in [0.4, 0.5) is 0 Å². The Bertz CT molecular complexity index is 725. The number of aliphatic hydroxyl groups is 3. The van der Waals surface area contributed by atoms with Crippen molar-refractivity contribution in [3.63, 3.8) is 0 Å². The summed E-state index contributed by atoms with van der Waals surface area (Å²) in [6.07, 6.45) is 14.7. The Morgan fingerprint density at radius 2 is 1.94 bits per heavy atom. The molecule has 1 fully saturated rings. The normalized spacial score (nSPS) is 37.8. The van der Waals surface area contributed by atoms with Gasteiger partial charge in [0.15, 0.2) is 0 Å². The molecule has 0 saturated heterocycles. The minimum absolute atomic E-state index is 0.0946. The Morgan fingerprint density at radius 3 is 2.61 bits per heavy atom. The number of fused-ring (bicyclic) bond motifs is 1. The van der Waals surface area contributed by atoms with Gasteiger partial charge in [0, 0.05) is 5.92 Å². The van der Waals surface area contributed by atoms with Crippen LogP contribution in [-0.4, -0.2) is 33.1 Å². The Labute approximate surface area is 190 Å². The lowest BCUT2D eigenvalue weighted by atomic mass is 9.62. The van der Waals surface area contributed by atoms with E-state index in [0.717, 1.165) is 36.3 Å². The quantitative estimate of drug-likeness (QED) is 0.468. The van der Waals surface area contributed by atoms with Crippen LogP contribution in [0.25, 0.3) is 0 Å². The molecule has 176 valence electrons. The minimum Gasteiger partial charge on any atom is -0.392 e. The molecule has 3 aliphatic rings. The summed E-state index contributed by atoms with van der Waals surface area (Å²) in [5, 5.41) is 30.8. The standard InChI is InChI=1S/C28H46O3/c1-18(9-7-15-27(4,5)31)23-13-14-24-21(10-8-16-28(23,24)6)11-12-22-17-25(29)20(3)26(30)19(22)2/h10-12,18,20,23-26,29-31H,7-9,13-17H2,1-6H3/b12-11-/t18-,20+,23-,24+,25-,26-,28-/m1/s1. The van der Waals surface area contributed by atoms with E-state index in [1.165, 1.54) is 31.3 Å². The first-order valence-corrected chi connectivity index (χ1v) is 12.6. The molecule has 0 aromatic carbocycles. The number of aliphatic hydroxyl groups excluding tert-OH is 2. The molecule has 0 unspecified atom stereocenters. The lowest BCUT2D eigenvalue weighted by molar-refractivity contribution is 0.0299. The molecule has 0 heterocycles. The fourth-order valence-corrected chi connectivity index (χ4v) is 6.80. The van der Waals surface area contributed by atoms with E-state index in [9.17, 15) is 15.3 Å². The molecular formula is C28H46O3. The van der Waals surface area contributed by atoms with E-state index in [0.29, 0.717) is 23.7 Å².